The Balaban J connectivity index is 2.25. The first-order valence-electron chi connectivity index (χ1n) is 4.23. The summed E-state index contributed by atoms with van der Waals surface area (Å²) in [7, 11) is 0. The third kappa shape index (κ3) is 4.01. The van der Waals surface area contributed by atoms with Gasteiger partial charge in [-0.2, -0.15) is 0 Å². The molecule has 0 aromatic heterocycles. The van der Waals surface area contributed by atoms with Crippen molar-refractivity contribution in [3.8, 4) is 0 Å². The average molecular weight is 183 g/mol. The summed E-state index contributed by atoms with van der Waals surface area (Å²) in [6.45, 7) is 0.568. The van der Waals surface area contributed by atoms with Crippen LogP contribution in [-0.4, -0.2) is 19.8 Å². The summed E-state index contributed by atoms with van der Waals surface area (Å²) in [5, 5.41) is 10.0. The van der Waals surface area contributed by atoms with Crippen molar-refractivity contribution in [1.29, 1.82) is 0 Å². The van der Waals surface area contributed by atoms with Crippen molar-refractivity contribution in [2.45, 2.75) is 6.42 Å². The van der Waals surface area contributed by atoms with Crippen LogP contribution in [0, 0.1) is 5.82 Å². The minimum Gasteiger partial charge on any atom is -0.379 e. The predicted octanol–water partition coefficient (Wildman–Crippen LogP) is 1.82. The van der Waals surface area contributed by atoms with E-state index >= 15 is 0 Å². The molecule has 0 bridgehead atoms. The number of hydrogen-bond donors (Lipinski definition) is 0. The van der Waals surface area contributed by atoms with E-state index in [4.69, 9.17) is 4.74 Å². The second-order valence-corrected chi connectivity index (χ2v) is 2.69. The molecule has 0 atom stereocenters. The highest BCUT2D eigenvalue weighted by atomic mass is 19.1. The standard InChI is InChI=1S/C10H12FO2/c11-10-3-1-9(2-4-10)5-7-13-8-6-12/h1-4H,5-8H2. The second-order valence-electron chi connectivity index (χ2n) is 2.69. The molecule has 3 heteroatoms. The zero-order valence-electron chi connectivity index (χ0n) is 7.33. The van der Waals surface area contributed by atoms with Gasteiger partial charge in [0.25, 0.3) is 0 Å². The normalized spacial score (nSPS) is 10.3. The molecule has 0 spiro atoms. The summed E-state index contributed by atoms with van der Waals surface area (Å²) < 4.78 is 17.5. The lowest BCUT2D eigenvalue weighted by Crippen LogP contribution is -2.02. The topological polar surface area (TPSA) is 29.1 Å². The van der Waals surface area contributed by atoms with Gasteiger partial charge < -0.3 is 4.74 Å². The fourth-order valence-electron chi connectivity index (χ4n) is 1.00. The van der Waals surface area contributed by atoms with Crippen molar-refractivity contribution in [3.05, 3.63) is 35.6 Å². The van der Waals surface area contributed by atoms with Crippen LogP contribution < -0.4 is 0 Å². The number of hydrogen-bond acceptors (Lipinski definition) is 1. The van der Waals surface area contributed by atoms with Crippen LogP contribution in [0.4, 0.5) is 4.39 Å². The molecule has 0 N–H and O–H groups in total. The van der Waals surface area contributed by atoms with Gasteiger partial charge in [0.15, 0.2) is 0 Å². The van der Waals surface area contributed by atoms with Crippen LogP contribution in [0.5, 0.6) is 0 Å². The van der Waals surface area contributed by atoms with E-state index in [0.29, 0.717) is 6.61 Å². The minimum atomic E-state index is -0.232. The summed E-state index contributed by atoms with van der Waals surface area (Å²) in [5.74, 6) is -0.232. The van der Waals surface area contributed by atoms with Crippen molar-refractivity contribution in [2.24, 2.45) is 0 Å². The Hall–Kier alpha value is -0.930. The second kappa shape index (κ2) is 5.67. The zero-order chi connectivity index (χ0) is 9.52. The van der Waals surface area contributed by atoms with Gasteiger partial charge in [-0.15, -0.1) is 0 Å². The van der Waals surface area contributed by atoms with Gasteiger partial charge in [0.2, 0.25) is 0 Å². The molecule has 0 fully saturated rings. The molecule has 1 rings (SSSR count). The summed E-state index contributed by atoms with van der Waals surface area (Å²) >= 11 is 0. The Labute approximate surface area is 77.0 Å². The lowest BCUT2D eigenvalue weighted by Gasteiger charge is -2.01. The van der Waals surface area contributed by atoms with Crippen LogP contribution in [0.1, 0.15) is 5.56 Å². The molecule has 0 unspecified atom stereocenters. The Morgan fingerprint density at radius 2 is 1.85 bits per heavy atom. The van der Waals surface area contributed by atoms with Gasteiger partial charge in [0, 0.05) is 0 Å². The molecule has 71 valence electrons. The summed E-state index contributed by atoms with van der Waals surface area (Å²) in [4.78, 5) is 0. The molecule has 0 heterocycles. The summed E-state index contributed by atoms with van der Waals surface area (Å²) in [5.41, 5.74) is 1.02. The Morgan fingerprint density at radius 3 is 2.46 bits per heavy atom. The molecule has 2 nitrogen and oxygen atoms in total. The van der Waals surface area contributed by atoms with Crippen LogP contribution in [-0.2, 0) is 16.3 Å². The highest BCUT2D eigenvalue weighted by Gasteiger charge is 1.93. The SMILES string of the molecule is [O]CCOCCc1ccc(F)cc1. The molecule has 1 aromatic rings. The van der Waals surface area contributed by atoms with Gasteiger partial charge in [0.05, 0.1) is 13.2 Å². The fourth-order valence-corrected chi connectivity index (χ4v) is 1.00. The van der Waals surface area contributed by atoms with Gasteiger partial charge in [-0.1, -0.05) is 12.1 Å². The van der Waals surface area contributed by atoms with Crippen LogP contribution in [0.25, 0.3) is 0 Å². The maximum atomic E-state index is 12.5. The molecule has 0 saturated carbocycles. The van der Waals surface area contributed by atoms with Gasteiger partial charge in [-0.3, -0.25) is 0 Å². The van der Waals surface area contributed by atoms with E-state index in [9.17, 15) is 9.50 Å². The van der Waals surface area contributed by atoms with Gasteiger partial charge in [-0.25, -0.2) is 9.50 Å². The summed E-state index contributed by atoms with van der Waals surface area (Å²) in [6.07, 6.45) is 0.722. The lowest BCUT2D eigenvalue weighted by atomic mass is 10.2. The molecular weight excluding hydrogens is 171 g/mol. The van der Waals surface area contributed by atoms with E-state index in [1.165, 1.54) is 12.1 Å². The van der Waals surface area contributed by atoms with Crippen LogP contribution in [0.3, 0.4) is 0 Å². The Kier molecular flexibility index (Phi) is 4.43. The molecule has 1 radical (unpaired) electrons. The van der Waals surface area contributed by atoms with Crippen LogP contribution in [0.15, 0.2) is 24.3 Å². The first kappa shape index (κ1) is 10.2. The minimum absolute atomic E-state index is 0.205. The monoisotopic (exact) mass is 183 g/mol. The van der Waals surface area contributed by atoms with E-state index in [2.05, 4.69) is 0 Å². The maximum absolute atomic E-state index is 12.5. The maximum Gasteiger partial charge on any atom is 0.123 e. The molecule has 0 aliphatic carbocycles. The molecule has 13 heavy (non-hydrogen) atoms. The molecule has 0 amide bonds. The molecule has 0 saturated heterocycles. The summed E-state index contributed by atoms with van der Waals surface area (Å²) in [6, 6.07) is 6.28. The van der Waals surface area contributed by atoms with Gasteiger partial charge in [-0.05, 0) is 24.1 Å². The van der Waals surface area contributed by atoms with Crippen molar-refractivity contribution >= 4 is 0 Å². The third-order valence-corrected chi connectivity index (χ3v) is 1.68. The Morgan fingerprint density at radius 1 is 1.15 bits per heavy atom. The van der Waals surface area contributed by atoms with Gasteiger partial charge in [0.1, 0.15) is 12.4 Å². The van der Waals surface area contributed by atoms with Crippen molar-refractivity contribution in [1.82, 2.24) is 0 Å². The van der Waals surface area contributed by atoms with Crippen molar-refractivity contribution in [3.63, 3.8) is 0 Å². The third-order valence-electron chi connectivity index (χ3n) is 1.68. The number of ether oxygens (including phenoxy) is 1. The lowest BCUT2D eigenvalue weighted by molar-refractivity contribution is 0.0653. The largest absolute Gasteiger partial charge is 0.379 e. The average Bonchev–Trinajstić information content (AvgIpc) is 2.15. The van der Waals surface area contributed by atoms with E-state index < -0.39 is 0 Å². The van der Waals surface area contributed by atoms with Gasteiger partial charge >= 0.3 is 0 Å². The van der Waals surface area contributed by atoms with Crippen LogP contribution >= 0.6 is 0 Å². The van der Waals surface area contributed by atoms with Crippen molar-refractivity contribution in [2.75, 3.05) is 19.8 Å². The highest BCUT2D eigenvalue weighted by molar-refractivity contribution is 5.15. The van der Waals surface area contributed by atoms with E-state index in [-0.39, 0.29) is 19.0 Å². The number of rotatable bonds is 5. The first-order chi connectivity index (χ1) is 6.33. The zero-order valence-corrected chi connectivity index (χ0v) is 7.33. The molecule has 0 aliphatic rings. The van der Waals surface area contributed by atoms with Crippen LogP contribution in [0.2, 0.25) is 0 Å². The van der Waals surface area contributed by atoms with E-state index in [0.717, 1.165) is 12.0 Å². The smallest absolute Gasteiger partial charge is 0.123 e. The first-order valence-corrected chi connectivity index (χ1v) is 4.23. The highest BCUT2D eigenvalue weighted by Crippen LogP contribution is 2.03. The molecular formula is C10H12FO2. The molecule has 1 aromatic carbocycles. The number of halogens is 1. The Bertz CT molecular complexity index is 233. The predicted molar refractivity (Wildman–Crippen MR) is 46.5 cm³/mol. The quantitative estimate of drug-likeness (QED) is 0.640. The van der Waals surface area contributed by atoms with Crippen molar-refractivity contribution < 1.29 is 14.2 Å². The number of benzene rings is 1. The fraction of sp³-hybridized carbons (Fsp3) is 0.400. The van der Waals surface area contributed by atoms with E-state index in [1.807, 2.05) is 0 Å². The van der Waals surface area contributed by atoms with E-state index in [1.54, 1.807) is 12.1 Å². The molecule has 0 aliphatic heterocycles.